The van der Waals surface area contributed by atoms with E-state index in [1.165, 1.54) is 0 Å². The van der Waals surface area contributed by atoms with Gasteiger partial charge < -0.3 is 16.0 Å². The summed E-state index contributed by atoms with van der Waals surface area (Å²) in [5.41, 5.74) is 5.01. The van der Waals surface area contributed by atoms with Crippen molar-refractivity contribution in [3.8, 4) is 0 Å². The van der Waals surface area contributed by atoms with E-state index >= 15 is 0 Å². The monoisotopic (exact) mass is 293 g/mol. The first-order chi connectivity index (χ1) is 9.58. The molecule has 0 radical (unpaired) electrons. The molecule has 0 spiro atoms. The molecule has 0 saturated carbocycles. The number of nitrogens with zero attached hydrogens (tertiary/aromatic N) is 3. The summed E-state index contributed by atoms with van der Waals surface area (Å²) in [5, 5.41) is 7.23. The summed E-state index contributed by atoms with van der Waals surface area (Å²) in [4.78, 5) is 25.4. The minimum atomic E-state index is -0.517. The number of likely N-dealkylation sites (tertiary alicyclic amines) is 1. The van der Waals surface area contributed by atoms with E-state index in [2.05, 4.69) is 10.4 Å². The molecule has 2 rings (SSSR count). The molecule has 2 heterocycles. The number of carbonyl (C=O) groups is 2. The van der Waals surface area contributed by atoms with Crippen LogP contribution in [-0.2, 0) is 10.3 Å². The van der Waals surface area contributed by atoms with Gasteiger partial charge in [-0.15, -0.1) is 0 Å². The summed E-state index contributed by atoms with van der Waals surface area (Å²) in [6.07, 6.45) is 1.65. The van der Waals surface area contributed by atoms with Crippen LogP contribution in [0.15, 0.2) is 6.20 Å². The van der Waals surface area contributed by atoms with E-state index in [0.717, 1.165) is 0 Å². The average molecular weight is 293 g/mol. The summed E-state index contributed by atoms with van der Waals surface area (Å²) in [5.74, 6) is 0.0663. The Morgan fingerprint density at radius 3 is 2.33 bits per heavy atom. The van der Waals surface area contributed by atoms with Gasteiger partial charge in [-0.3, -0.25) is 14.3 Å². The Hall–Kier alpha value is -2.05. The molecule has 0 aromatic carbocycles. The number of nitrogens with one attached hydrogen (secondary N) is 1. The summed E-state index contributed by atoms with van der Waals surface area (Å²) in [6, 6.07) is 0. The number of nitrogens with two attached hydrogens (primary N) is 1. The Labute approximate surface area is 124 Å². The van der Waals surface area contributed by atoms with Crippen LogP contribution in [0.1, 0.15) is 38.1 Å². The maximum atomic E-state index is 12.2. The zero-order valence-corrected chi connectivity index (χ0v) is 13.2. The Bertz CT molecular complexity index is 579. The predicted molar refractivity (Wildman–Crippen MR) is 80.0 cm³/mol. The fraction of sp³-hybridized carbons (Fsp3) is 0.643. The van der Waals surface area contributed by atoms with Gasteiger partial charge in [0.2, 0.25) is 5.91 Å². The molecule has 2 amide bonds. The molecule has 0 aliphatic carbocycles. The van der Waals surface area contributed by atoms with Crippen LogP contribution < -0.4 is 11.1 Å². The number of hydrogen-bond donors (Lipinski definition) is 2. The minimum Gasteiger partial charge on any atom is -0.371 e. The van der Waals surface area contributed by atoms with Gasteiger partial charge >= 0.3 is 0 Å². The van der Waals surface area contributed by atoms with Gasteiger partial charge in [0, 0.05) is 31.7 Å². The fourth-order valence-electron chi connectivity index (χ4n) is 2.55. The van der Waals surface area contributed by atoms with Crippen molar-refractivity contribution < 1.29 is 9.59 Å². The Balaban J connectivity index is 2.18. The Kier molecular flexibility index (Phi) is 3.47. The number of carbonyl (C=O) groups excluding carboxylic acids is 2. The van der Waals surface area contributed by atoms with E-state index in [9.17, 15) is 9.59 Å². The van der Waals surface area contributed by atoms with Crippen LogP contribution in [0.25, 0.3) is 0 Å². The van der Waals surface area contributed by atoms with E-state index in [-0.39, 0.29) is 16.9 Å². The SMILES string of the molecule is CNc1nn(C2(C)CN(C(=O)C(C)(C)C)C2)cc1C(N)=O. The second kappa shape index (κ2) is 4.75. The molecule has 1 aliphatic rings. The second-order valence-corrected chi connectivity index (χ2v) is 6.86. The highest BCUT2D eigenvalue weighted by Crippen LogP contribution is 2.33. The molecule has 7 heteroatoms. The predicted octanol–water partition coefficient (Wildman–Crippen LogP) is 0.627. The van der Waals surface area contributed by atoms with Crippen molar-refractivity contribution in [1.29, 1.82) is 0 Å². The van der Waals surface area contributed by atoms with Crippen molar-refractivity contribution in [2.75, 3.05) is 25.5 Å². The van der Waals surface area contributed by atoms with Gasteiger partial charge in [-0.05, 0) is 6.92 Å². The lowest BCUT2D eigenvalue weighted by Gasteiger charge is -2.49. The van der Waals surface area contributed by atoms with Gasteiger partial charge in [0.15, 0.2) is 5.82 Å². The van der Waals surface area contributed by atoms with E-state index in [1.54, 1.807) is 17.9 Å². The number of amides is 2. The van der Waals surface area contributed by atoms with Gasteiger partial charge in [0.25, 0.3) is 5.91 Å². The standard InChI is InChI=1S/C14H23N5O2/c1-13(2,3)12(21)18-7-14(4,8-18)19-6-9(10(15)20)11(16-5)17-19/h6H,7-8H2,1-5H3,(H2,15,20)(H,16,17). The maximum absolute atomic E-state index is 12.2. The molecule has 1 aromatic rings. The zero-order valence-electron chi connectivity index (χ0n) is 13.2. The average Bonchev–Trinajstić information content (AvgIpc) is 2.77. The van der Waals surface area contributed by atoms with Crippen molar-refractivity contribution in [1.82, 2.24) is 14.7 Å². The lowest BCUT2D eigenvalue weighted by molar-refractivity contribution is -0.150. The van der Waals surface area contributed by atoms with Crippen LogP contribution in [0.3, 0.4) is 0 Å². The van der Waals surface area contributed by atoms with Crippen molar-refractivity contribution in [2.45, 2.75) is 33.2 Å². The molecule has 0 bridgehead atoms. The minimum absolute atomic E-state index is 0.121. The summed E-state index contributed by atoms with van der Waals surface area (Å²) in [6.45, 7) is 8.88. The largest absolute Gasteiger partial charge is 0.371 e. The molecule has 0 atom stereocenters. The van der Waals surface area contributed by atoms with Crippen molar-refractivity contribution in [2.24, 2.45) is 11.1 Å². The summed E-state index contributed by atoms with van der Waals surface area (Å²) >= 11 is 0. The molecule has 0 unspecified atom stereocenters. The van der Waals surface area contributed by atoms with Crippen LogP contribution in [-0.4, -0.2) is 46.6 Å². The van der Waals surface area contributed by atoms with E-state index in [0.29, 0.717) is 24.5 Å². The summed E-state index contributed by atoms with van der Waals surface area (Å²) in [7, 11) is 1.69. The number of primary amides is 1. The third kappa shape index (κ3) is 2.59. The van der Waals surface area contributed by atoms with Crippen LogP contribution in [0.4, 0.5) is 5.82 Å². The van der Waals surface area contributed by atoms with Crippen LogP contribution >= 0.6 is 0 Å². The molecule has 1 saturated heterocycles. The molecule has 116 valence electrons. The van der Waals surface area contributed by atoms with Crippen LogP contribution in [0.2, 0.25) is 0 Å². The molecular formula is C14H23N5O2. The van der Waals surface area contributed by atoms with Crippen molar-refractivity contribution in [3.63, 3.8) is 0 Å². The first kappa shape index (κ1) is 15.3. The van der Waals surface area contributed by atoms with Gasteiger partial charge in [-0.25, -0.2) is 0 Å². The van der Waals surface area contributed by atoms with Gasteiger partial charge in [0.05, 0.1) is 5.54 Å². The molecule has 1 fully saturated rings. The number of hydrogen-bond acceptors (Lipinski definition) is 4. The zero-order chi connectivity index (χ0) is 16.0. The van der Waals surface area contributed by atoms with E-state index < -0.39 is 5.91 Å². The van der Waals surface area contributed by atoms with Crippen molar-refractivity contribution in [3.05, 3.63) is 11.8 Å². The van der Waals surface area contributed by atoms with Gasteiger partial charge in [0.1, 0.15) is 5.56 Å². The highest BCUT2D eigenvalue weighted by Gasteiger charge is 2.46. The maximum Gasteiger partial charge on any atom is 0.254 e. The molecule has 7 nitrogen and oxygen atoms in total. The van der Waals surface area contributed by atoms with E-state index in [1.807, 2.05) is 32.6 Å². The highest BCUT2D eigenvalue weighted by molar-refractivity contribution is 5.97. The second-order valence-electron chi connectivity index (χ2n) is 6.86. The third-order valence-electron chi connectivity index (χ3n) is 3.76. The van der Waals surface area contributed by atoms with E-state index in [4.69, 9.17) is 5.73 Å². The topological polar surface area (TPSA) is 93.2 Å². The molecule has 21 heavy (non-hydrogen) atoms. The molecule has 3 N–H and O–H groups in total. The highest BCUT2D eigenvalue weighted by atomic mass is 16.2. The van der Waals surface area contributed by atoms with Gasteiger partial charge in [-0.1, -0.05) is 20.8 Å². The van der Waals surface area contributed by atoms with Gasteiger partial charge in [-0.2, -0.15) is 5.10 Å². The van der Waals surface area contributed by atoms with Crippen LogP contribution in [0, 0.1) is 5.41 Å². The Morgan fingerprint density at radius 2 is 1.95 bits per heavy atom. The smallest absolute Gasteiger partial charge is 0.254 e. The third-order valence-corrected chi connectivity index (χ3v) is 3.76. The molecular weight excluding hydrogens is 270 g/mol. The first-order valence-corrected chi connectivity index (χ1v) is 6.95. The summed E-state index contributed by atoms with van der Waals surface area (Å²) < 4.78 is 1.73. The quantitative estimate of drug-likeness (QED) is 0.854. The first-order valence-electron chi connectivity index (χ1n) is 6.95. The number of rotatable bonds is 3. The van der Waals surface area contributed by atoms with Crippen molar-refractivity contribution >= 4 is 17.6 Å². The molecule has 1 aromatic heterocycles. The molecule has 1 aliphatic heterocycles. The number of anilines is 1. The Morgan fingerprint density at radius 1 is 1.38 bits per heavy atom. The normalized spacial score (nSPS) is 17.3. The fourth-order valence-corrected chi connectivity index (χ4v) is 2.55. The number of aromatic nitrogens is 2. The van der Waals surface area contributed by atoms with Crippen LogP contribution in [0.5, 0.6) is 0 Å². The lowest BCUT2D eigenvalue weighted by Crippen LogP contribution is -2.64. The lowest BCUT2D eigenvalue weighted by atomic mass is 9.87.